The van der Waals surface area contributed by atoms with Crippen molar-refractivity contribution in [1.82, 2.24) is 9.55 Å². The molecule has 29 heavy (non-hydrogen) atoms. The van der Waals surface area contributed by atoms with Crippen molar-refractivity contribution in [3.05, 3.63) is 69.6 Å². The monoisotopic (exact) mass is 390 g/mol. The van der Waals surface area contributed by atoms with Gasteiger partial charge in [-0.25, -0.2) is 9.78 Å². The van der Waals surface area contributed by atoms with Gasteiger partial charge in [-0.05, 0) is 56.3 Å². The molecule has 8 nitrogen and oxygen atoms in total. The minimum absolute atomic E-state index is 0.171. The van der Waals surface area contributed by atoms with Crippen LogP contribution in [-0.4, -0.2) is 28.0 Å². The predicted molar refractivity (Wildman–Crippen MR) is 106 cm³/mol. The Balaban J connectivity index is 1.69. The zero-order valence-corrected chi connectivity index (χ0v) is 15.9. The van der Waals surface area contributed by atoms with Crippen LogP contribution in [0.25, 0.3) is 11.0 Å². The first kappa shape index (κ1) is 19.8. The Morgan fingerprint density at radius 2 is 1.93 bits per heavy atom. The molecule has 146 valence electrons. The summed E-state index contributed by atoms with van der Waals surface area (Å²) in [5.41, 5.74) is 2.49. The molecular weight excluding hydrogens is 372 g/mol. The number of benzene rings is 2. The third kappa shape index (κ3) is 4.30. The Hall–Kier alpha value is -3.99. The fraction of sp³-hybridized carbons (Fsp3) is 0.190. The molecule has 0 radical (unpaired) electrons. The second-order valence-electron chi connectivity index (χ2n) is 6.26. The minimum atomic E-state index is -0.671. The molecule has 2 aromatic carbocycles. The van der Waals surface area contributed by atoms with E-state index in [1.54, 1.807) is 41.8 Å². The van der Waals surface area contributed by atoms with Crippen molar-refractivity contribution in [2.75, 3.05) is 11.9 Å². The molecular formula is C21H18N4O4. The van der Waals surface area contributed by atoms with E-state index >= 15 is 0 Å². The molecule has 8 heteroatoms. The summed E-state index contributed by atoms with van der Waals surface area (Å²) < 4.78 is 6.65. The molecule has 0 atom stereocenters. The molecule has 0 aliphatic carbocycles. The van der Waals surface area contributed by atoms with E-state index in [2.05, 4.69) is 10.3 Å². The molecule has 1 heterocycles. The molecule has 0 unspecified atom stereocenters. The Kier molecular flexibility index (Phi) is 5.69. The number of aryl methyl sites for hydroxylation is 2. The molecule has 0 saturated heterocycles. The second kappa shape index (κ2) is 8.35. The molecule has 0 bridgehead atoms. The highest BCUT2D eigenvalue weighted by molar-refractivity contribution is 5.97. The normalized spacial score (nSPS) is 10.4. The van der Waals surface area contributed by atoms with E-state index < -0.39 is 18.5 Å². The van der Waals surface area contributed by atoms with Gasteiger partial charge in [0.15, 0.2) is 6.61 Å². The van der Waals surface area contributed by atoms with Crippen LogP contribution in [0.2, 0.25) is 0 Å². The van der Waals surface area contributed by atoms with Crippen LogP contribution in [0.15, 0.2) is 47.3 Å². The van der Waals surface area contributed by atoms with Crippen LogP contribution in [0, 0.1) is 18.3 Å². The maximum Gasteiger partial charge on any atom is 0.338 e. The van der Waals surface area contributed by atoms with Gasteiger partial charge in [0.1, 0.15) is 5.69 Å². The van der Waals surface area contributed by atoms with Crippen molar-refractivity contribution in [3.63, 3.8) is 0 Å². The van der Waals surface area contributed by atoms with Gasteiger partial charge >= 0.3 is 5.97 Å². The number of amides is 1. The van der Waals surface area contributed by atoms with Gasteiger partial charge in [0.2, 0.25) is 0 Å². The average Bonchev–Trinajstić information content (AvgIpc) is 2.73. The van der Waals surface area contributed by atoms with Crippen LogP contribution in [0.3, 0.4) is 0 Å². The van der Waals surface area contributed by atoms with Gasteiger partial charge in [0.05, 0.1) is 28.2 Å². The molecule has 1 N–H and O–H groups in total. The highest BCUT2D eigenvalue weighted by Gasteiger charge is 2.14. The molecule has 0 aliphatic rings. The zero-order chi connectivity index (χ0) is 21.0. The molecule has 3 rings (SSSR count). The van der Waals surface area contributed by atoms with E-state index in [9.17, 15) is 14.4 Å². The highest BCUT2D eigenvalue weighted by Crippen LogP contribution is 2.14. The second-order valence-corrected chi connectivity index (χ2v) is 6.26. The number of aromatic nitrogens is 2. The number of carbonyl (C=O) groups excluding carboxylic acids is 2. The van der Waals surface area contributed by atoms with Crippen molar-refractivity contribution in [3.8, 4) is 6.07 Å². The lowest BCUT2D eigenvalue weighted by molar-refractivity contribution is -0.119. The number of hydrogen-bond acceptors (Lipinski definition) is 6. The summed E-state index contributed by atoms with van der Waals surface area (Å²) in [5, 5.41) is 11.4. The summed E-state index contributed by atoms with van der Waals surface area (Å²) in [5.74, 6) is -1.17. The lowest BCUT2D eigenvalue weighted by Crippen LogP contribution is -2.23. The van der Waals surface area contributed by atoms with E-state index in [0.29, 0.717) is 34.5 Å². The number of nitrogens with zero attached hydrogens (tertiary/aromatic N) is 3. The van der Waals surface area contributed by atoms with Crippen LogP contribution < -0.4 is 10.9 Å². The van der Waals surface area contributed by atoms with Crippen LogP contribution in [0.4, 0.5) is 5.69 Å². The number of ether oxygens (including phenoxy) is 1. The SMILES string of the molecule is CCn1c(=O)c(C)nc2cc(C(=O)OCC(=O)Nc3ccc(C#N)cc3)ccc21. The fourth-order valence-electron chi connectivity index (χ4n) is 2.85. The Bertz CT molecular complexity index is 1190. The summed E-state index contributed by atoms with van der Waals surface area (Å²) in [6.07, 6.45) is 0. The third-order valence-electron chi connectivity index (χ3n) is 4.29. The molecule has 0 saturated carbocycles. The van der Waals surface area contributed by atoms with Crippen LogP contribution >= 0.6 is 0 Å². The van der Waals surface area contributed by atoms with Crippen LogP contribution in [0.1, 0.15) is 28.5 Å². The van der Waals surface area contributed by atoms with Crippen molar-refractivity contribution in [1.29, 1.82) is 5.26 Å². The van der Waals surface area contributed by atoms with Gasteiger partial charge < -0.3 is 14.6 Å². The number of anilines is 1. The first-order chi connectivity index (χ1) is 13.9. The smallest absolute Gasteiger partial charge is 0.338 e. The fourth-order valence-corrected chi connectivity index (χ4v) is 2.85. The molecule has 0 aliphatic heterocycles. The highest BCUT2D eigenvalue weighted by atomic mass is 16.5. The summed E-state index contributed by atoms with van der Waals surface area (Å²) in [7, 11) is 0. The topological polar surface area (TPSA) is 114 Å². The van der Waals surface area contributed by atoms with Crippen molar-refractivity contribution < 1.29 is 14.3 Å². The lowest BCUT2D eigenvalue weighted by Gasteiger charge is -2.10. The molecule has 1 aromatic heterocycles. The Labute approximate surface area is 166 Å². The number of nitriles is 1. The number of fused-ring (bicyclic) bond motifs is 1. The molecule has 0 spiro atoms. The average molecular weight is 390 g/mol. The van der Waals surface area contributed by atoms with Gasteiger partial charge in [0.25, 0.3) is 11.5 Å². The van der Waals surface area contributed by atoms with Gasteiger partial charge in [-0.1, -0.05) is 0 Å². The van der Waals surface area contributed by atoms with E-state index in [1.807, 2.05) is 13.0 Å². The molecule has 3 aromatic rings. The van der Waals surface area contributed by atoms with E-state index in [4.69, 9.17) is 10.00 Å². The third-order valence-corrected chi connectivity index (χ3v) is 4.29. The number of carbonyl (C=O) groups is 2. The van der Waals surface area contributed by atoms with E-state index in [0.717, 1.165) is 0 Å². The Morgan fingerprint density at radius 3 is 2.59 bits per heavy atom. The van der Waals surface area contributed by atoms with Crippen molar-refractivity contribution in [2.24, 2.45) is 0 Å². The summed E-state index contributed by atoms with van der Waals surface area (Å²) >= 11 is 0. The lowest BCUT2D eigenvalue weighted by atomic mass is 10.2. The van der Waals surface area contributed by atoms with Crippen molar-refractivity contribution in [2.45, 2.75) is 20.4 Å². The van der Waals surface area contributed by atoms with Gasteiger partial charge in [-0.15, -0.1) is 0 Å². The first-order valence-corrected chi connectivity index (χ1v) is 8.91. The van der Waals surface area contributed by atoms with Gasteiger partial charge in [0, 0.05) is 12.2 Å². The number of rotatable bonds is 5. The quantitative estimate of drug-likeness (QED) is 0.669. The largest absolute Gasteiger partial charge is 0.452 e. The van der Waals surface area contributed by atoms with Gasteiger partial charge in [-0.3, -0.25) is 9.59 Å². The van der Waals surface area contributed by atoms with Crippen LogP contribution in [-0.2, 0) is 16.1 Å². The van der Waals surface area contributed by atoms with E-state index in [-0.39, 0.29) is 11.1 Å². The maximum atomic E-state index is 12.3. The summed E-state index contributed by atoms with van der Waals surface area (Å²) in [6.45, 7) is 3.50. The number of hydrogen-bond donors (Lipinski definition) is 1. The molecule has 1 amide bonds. The van der Waals surface area contributed by atoms with Crippen molar-refractivity contribution >= 4 is 28.6 Å². The zero-order valence-electron chi connectivity index (χ0n) is 15.9. The standard InChI is InChI=1S/C21H18N4O4/c1-3-25-18-9-6-15(10-17(18)23-13(2)20(25)27)21(28)29-12-19(26)24-16-7-4-14(11-22)5-8-16/h4-10H,3,12H2,1-2H3,(H,24,26). The van der Waals surface area contributed by atoms with E-state index in [1.165, 1.54) is 12.1 Å². The number of esters is 1. The first-order valence-electron chi connectivity index (χ1n) is 8.91. The minimum Gasteiger partial charge on any atom is -0.452 e. The van der Waals surface area contributed by atoms with Crippen LogP contribution in [0.5, 0.6) is 0 Å². The summed E-state index contributed by atoms with van der Waals surface area (Å²) in [6, 6.07) is 13.0. The predicted octanol–water partition coefficient (Wildman–Crippen LogP) is 2.39. The van der Waals surface area contributed by atoms with Gasteiger partial charge in [-0.2, -0.15) is 5.26 Å². The summed E-state index contributed by atoms with van der Waals surface area (Å²) in [4.78, 5) is 40.7. The molecule has 0 fully saturated rings. The number of nitrogens with one attached hydrogen (secondary N) is 1. The Morgan fingerprint density at radius 1 is 1.21 bits per heavy atom. The maximum absolute atomic E-state index is 12.3.